The lowest BCUT2D eigenvalue weighted by Crippen LogP contribution is -2.31. The van der Waals surface area contributed by atoms with E-state index in [4.69, 9.17) is 23.2 Å². The summed E-state index contributed by atoms with van der Waals surface area (Å²) in [5, 5.41) is 11.0. The second kappa shape index (κ2) is 7.07. The van der Waals surface area contributed by atoms with Crippen molar-refractivity contribution in [2.24, 2.45) is 0 Å². The highest BCUT2D eigenvalue weighted by molar-refractivity contribution is 8.00. The van der Waals surface area contributed by atoms with Crippen molar-refractivity contribution in [2.45, 2.75) is 16.6 Å². The Morgan fingerprint density at radius 3 is 2.60 bits per heavy atom. The fraction of sp³-hybridized carbons (Fsp3) is 0.118. The summed E-state index contributed by atoms with van der Waals surface area (Å²) in [6.45, 7) is 0. The number of carbonyl (C=O) groups is 3. The van der Waals surface area contributed by atoms with E-state index < -0.39 is 23.0 Å². The van der Waals surface area contributed by atoms with Crippen molar-refractivity contribution in [1.82, 2.24) is 0 Å². The first-order chi connectivity index (χ1) is 11.9. The predicted molar refractivity (Wildman–Crippen MR) is 94.0 cm³/mol. The minimum Gasteiger partial charge on any atom is -0.545 e. The highest BCUT2D eigenvalue weighted by atomic mass is 35.5. The SMILES string of the molecule is O=C([O-])c1ccccc1S[C@H]1CC(=O)N(c2cc(Cl)ccc2Cl)C1=O. The average Bonchev–Trinajstić information content (AvgIpc) is 2.84. The molecule has 128 valence electrons. The fourth-order valence-corrected chi connectivity index (χ4v) is 4.04. The van der Waals surface area contributed by atoms with E-state index in [0.717, 1.165) is 16.7 Å². The number of carbonyl (C=O) groups excluding carboxylic acids is 3. The summed E-state index contributed by atoms with van der Waals surface area (Å²) < 4.78 is 0. The highest BCUT2D eigenvalue weighted by Gasteiger charge is 2.41. The third kappa shape index (κ3) is 3.51. The third-order valence-corrected chi connectivity index (χ3v) is 5.45. The Morgan fingerprint density at radius 2 is 1.88 bits per heavy atom. The van der Waals surface area contributed by atoms with Crippen LogP contribution in [0.15, 0.2) is 47.4 Å². The summed E-state index contributed by atoms with van der Waals surface area (Å²) in [5.41, 5.74) is 0.201. The van der Waals surface area contributed by atoms with Crippen LogP contribution in [0.2, 0.25) is 10.0 Å². The van der Waals surface area contributed by atoms with Crippen molar-refractivity contribution in [3.8, 4) is 0 Å². The second-order valence-corrected chi connectivity index (χ2v) is 7.35. The molecule has 2 aromatic carbocycles. The van der Waals surface area contributed by atoms with Gasteiger partial charge in [-0.1, -0.05) is 41.4 Å². The molecule has 8 heteroatoms. The second-order valence-electron chi connectivity index (χ2n) is 5.26. The molecule has 0 spiro atoms. The third-order valence-electron chi connectivity index (χ3n) is 3.63. The van der Waals surface area contributed by atoms with Crippen molar-refractivity contribution in [3.63, 3.8) is 0 Å². The van der Waals surface area contributed by atoms with E-state index in [9.17, 15) is 19.5 Å². The number of carboxylic acid groups (broad SMARTS) is 1. The van der Waals surface area contributed by atoms with Crippen molar-refractivity contribution >= 4 is 58.4 Å². The lowest BCUT2D eigenvalue weighted by molar-refractivity contribution is -0.255. The number of carboxylic acids is 1. The lowest BCUT2D eigenvalue weighted by Gasteiger charge is -2.17. The number of benzene rings is 2. The van der Waals surface area contributed by atoms with Gasteiger partial charge in [0.15, 0.2) is 0 Å². The number of nitrogens with zero attached hydrogens (tertiary/aromatic N) is 1. The van der Waals surface area contributed by atoms with Crippen LogP contribution in [0, 0.1) is 0 Å². The number of halogens is 2. The summed E-state index contributed by atoms with van der Waals surface area (Å²) in [4.78, 5) is 37.6. The van der Waals surface area contributed by atoms with Crippen molar-refractivity contribution in [3.05, 3.63) is 58.1 Å². The normalized spacial score (nSPS) is 17.2. The highest BCUT2D eigenvalue weighted by Crippen LogP contribution is 2.38. The summed E-state index contributed by atoms with van der Waals surface area (Å²) in [5.74, 6) is -2.22. The van der Waals surface area contributed by atoms with E-state index in [0.29, 0.717) is 9.92 Å². The molecule has 0 unspecified atom stereocenters. The van der Waals surface area contributed by atoms with Crippen LogP contribution in [0.4, 0.5) is 5.69 Å². The maximum absolute atomic E-state index is 12.7. The van der Waals surface area contributed by atoms with Gasteiger partial charge in [-0.05, 0) is 24.3 Å². The standard InChI is InChI=1S/C17H11Cl2NO4S/c18-9-5-6-11(19)12(7-9)20-15(21)8-14(16(20)22)25-13-4-2-1-3-10(13)17(23)24/h1-7,14H,8H2,(H,23,24)/p-1/t14-/m0/s1. The zero-order valence-electron chi connectivity index (χ0n) is 12.6. The zero-order chi connectivity index (χ0) is 18.1. The molecule has 25 heavy (non-hydrogen) atoms. The van der Waals surface area contributed by atoms with Crippen molar-refractivity contribution in [2.75, 3.05) is 4.90 Å². The summed E-state index contributed by atoms with van der Waals surface area (Å²) in [6, 6.07) is 10.7. The molecule has 0 radical (unpaired) electrons. The van der Waals surface area contributed by atoms with Gasteiger partial charge in [-0.3, -0.25) is 9.59 Å². The maximum Gasteiger partial charge on any atom is 0.247 e. The number of aromatic carboxylic acids is 1. The summed E-state index contributed by atoms with van der Waals surface area (Å²) >= 11 is 13.0. The van der Waals surface area contributed by atoms with Crippen LogP contribution in [0.25, 0.3) is 0 Å². The van der Waals surface area contributed by atoms with E-state index in [2.05, 4.69) is 0 Å². The van der Waals surface area contributed by atoms with E-state index >= 15 is 0 Å². The molecule has 0 aromatic heterocycles. The first-order valence-electron chi connectivity index (χ1n) is 7.17. The number of imide groups is 1. The molecule has 1 fully saturated rings. The Morgan fingerprint density at radius 1 is 1.16 bits per heavy atom. The molecule has 1 atom stereocenters. The number of thioether (sulfide) groups is 1. The van der Waals surface area contributed by atoms with Crippen molar-refractivity contribution in [1.29, 1.82) is 0 Å². The average molecular weight is 395 g/mol. The van der Waals surface area contributed by atoms with Gasteiger partial charge in [0, 0.05) is 21.9 Å². The van der Waals surface area contributed by atoms with E-state index in [1.807, 2.05) is 0 Å². The smallest absolute Gasteiger partial charge is 0.247 e. The fourth-order valence-electron chi connectivity index (χ4n) is 2.50. The van der Waals surface area contributed by atoms with Crippen LogP contribution in [0.1, 0.15) is 16.8 Å². The Labute approximate surface area is 157 Å². The minimum absolute atomic E-state index is 0.0213. The Balaban J connectivity index is 1.90. The molecule has 0 saturated carbocycles. The van der Waals surface area contributed by atoms with Crippen LogP contribution in [-0.4, -0.2) is 23.0 Å². The largest absolute Gasteiger partial charge is 0.545 e. The van der Waals surface area contributed by atoms with Gasteiger partial charge < -0.3 is 9.90 Å². The number of hydrogen-bond acceptors (Lipinski definition) is 5. The molecule has 2 aromatic rings. The van der Waals surface area contributed by atoms with E-state index in [1.54, 1.807) is 24.3 Å². The number of rotatable bonds is 4. The van der Waals surface area contributed by atoms with Crippen LogP contribution in [0.5, 0.6) is 0 Å². The summed E-state index contributed by atoms with van der Waals surface area (Å²) in [6.07, 6.45) is -0.0618. The van der Waals surface area contributed by atoms with Gasteiger partial charge in [0.2, 0.25) is 11.8 Å². The maximum atomic E-state index is 12.7. The van der Waals surface area contributed by atoms with E-state index in [-0.39, 0.29) is 22.7 Å². The number of amides is 2. The molecule has 1 heterocycles. The van der Waals surface area contributed by atoms with Gasteiger partial charge in [-0.25, -0.2) is 4.90 Å². The van der Waals surface area contributed by atoms with Gasteiger partial charge >= 0.3 is 0 Å². The molecule has 0 bridgehead atoms. The summed E-state index contributed by atoms with van der Waals surface area (Å²) in [7, 11) is 0. The van der Waals surface area contributed by atoms with Crippen LogP contribution >= 0.6 is 35.0 Å². The first-order valence-corrected chi connectivity index (χ1v) is 8.81. The molecule has 0 N–H and O–H groups in total. The number of anilines is 1. The topological polar surface area (TPSA) is 77.5 Å². The van der Waals surface area contributed by atoms with Crippen LogP contribution < -0.4 is 10.0 Å². The molecule has 1 saturated heterocycles. The quantitative estimate of drug-likeness (QED) is 0.744. The van der Waals surface area contributed by atoms with Gasteiger partial charge in [-0.15, -0.1) is 11.8 Å². The molecule has 2 amide bonds. The minimum atomic E-state index is -1.34. The Hall–Kier alpha value is -2.02. The molecule has 1 aliphatic rings. The first kappa shape index (κ1) is 17.8. The number of hydrogen-bond donors (Lipinski definition) is 0. The van der Waals surface area contributed by atoms with Gasteiger partial charge in [-0.2, -0.15) is 0 Å². The van der Waals surface area contributed by atoms with Crippen molar-refractivity contribution < 1.29 is 19.5 Å². The zero-order valence-corrected chi connectivity index (χ0v) is 14.9. The van der Waals surface area contributed by atoms with Gasteiger partial charge in [0.1, 0.15) is 0 Å². The van der Waals surface area contributed by atoms with Gasteiger partial charge in [0.25, 0.3) is 0 Å². The monoisotopic (exact) mass is 394 g/mol. The van der Waals surface area contributed by atoms with Gasteiger partial charge in [0.05, 0.1) is 21.9 Å². The Kier molecular flexibility index (Phi) is 5.03. The lowest BCUT2D eigenvalue weighted by atomic mass is 10.2. The Bertz CT molecular complexity index is 887. The molecule has 3 rings (SSSR count). The molecule has 5 nitrogen and oxygen atoms in total. The molecular weight excluding hydrogens is 385 g/mol. The molecule has 1 aliphatic heterocycles. The van der Waals surface area contributed by atoms with E-state index in [1.165, 1.54) is 18.2 Å². The predicted octanol–water partition coefficient (Wildman–Crippen LogP) is 2.78. The van der Waals surface area contributed by atoms with Crippen LogP contribution in [0.3, 0.4) is 0 Å². The molecule has 0 aliphatic carbocycles. The molecular formula is C17H10Cl2NO4S-. The van der Waals surface area contributed by atoms with Crippen LogP contribution in [-0.2, 0) is 9.59 Å².